The van der Waals surface area contributed by atoms with Crippen LogP contribution in [0.2, 0.25) is 0 Å². The monoisotopic (exact) mass is 729 g/mol. The molecule has 0 spiro atoms. The number of ether oxygens (including phenoxy) is 2. The highest BCUT2D eigenvalue weighted by Crippen LogP contribution is 2.46. The van der Waals surface area contributed by atoms with Crippen molar-refractivity contribution in [2.45, 2.75) is 94.7 Å². The van der Waals surface area contributed by atoms with Crippen LogP contribution in [0.15, 0.2) is 36.5 Å². The van der Waals surface area contributed by atoms with Crippen LogP contribution in [0.5, 0.6) is 11.6 Å². The highest BCUT2D eigenvalue weighted by Gasteiger charge is 2.62. The van der Waals surface area contributed by atoms with E-state index in [1.54, 1.807) is 19.9 Å². The second kappa shape index (κ2) is 14.3. The number of sulfonamides is 1. The molecule has 3 fully saturated rings. The molecule has 14 nitrogen and oxygen atoms in total. The molecular formula is C35H44FN5O9S. The number of benzene rings is 1. The lowest BCUT2D eigenvalue weighted by atomic mass is 9.88. The van der Waals surface area contributed by atoms with Crippen LogP contribution in [0.1, 0.15) is 65.7 Å². The summed E-state index contributed by atoms with van der Waals surface area (Å²) in [6.45, 7) is 5.78. The first-order chi connectivity index (χ1) is 24.2. The predicted molar refractivity (Wildman–Crippen MR) is 183 cm³/mol. The van der Waals surface area contributed by atoms with Crippen molar-refractivity contribution in [1.29, 1.82) is 0 Å². The quantitative estimate of drug-likeness (QED) is 0.293. The minimum atomic E-state index is -3.93. The molecule has 4 N–H and O–H groups in total. The van der Waals surface area contributed by atoms with Gasteiger partial charge in [-0.1, -0.05) is 26.0 Å². The zero-order valence-corrected chi connectivity index (χ0v) is 29.6. The molecule has 1 saturated heterocycles. The lowest BCUT2D eigenvalue weighted by molar-refractivity contribution is -0.142. The second-order valence-electron chi connectivity index (χ2n) is 14.2. The van der Waals surface area contributed by atoms with Crippen molar-refractivity contribution in [3.8, 4) is 11.6 Å². The van der Waals surface area contributed by atoms with Crippen LogP contribution >= 0.6 is 0 Å². The van der Waals surface area contributed by atoms with Gasteiger partial charge in [0.15, 0.2) is 0 Å². The van der Waals surface area contributed by atoms with Crippen LogP contribution in [-0.2, 0) is 24.4 Å². The van der Waals surface area contributed by atoms with E-state index in [0.717, 1.165) is 6.42 Å². The van der Waals surface area contributed by atoms with Gasteiger partial charge in [0.25, 0.3) is 5.91 Å². The van der Waals surface area contributed by atoms with E-state index in [9.17, 15) is 37.1 Å². The molecule has 1 aromatic heterocycles. The summed E-state index contributed by atoms with van der Waals surface area (Å²) in [5, 5.41) is 15.1. The van der Waals surface area contributed by atoms with Crippen LogP contribution in [0.4, 0.5) is 9.18 Å². The highest BCUT2D eigenvalue weighted by atomic mass is 32.2. The number of carbonyl (C=O) groups is 4. The Bertz CT molecular complexity index is 1850. The number of carbonyl (C=O) groups excluding carboxylic acids is 3. The number of rotatable bonds is 8. The molecule has 7 atom stereocenters. The molecule has 0 radical (unpaired) electrons. The van der Waals surface area contributed by atoms with Crippen LogP contribution in [0, 0.1) is 23.6 Å². The molecule has 2 aromatic rings. The molecule has 51 heavy (non-hydrogen) atoms. The molecule has 2 aliphatic carbocycles. The smallest absolute Gasteiger partial charge is 0.405 e. The largest absolute Gasteiger partial charge is 0.492 e. The highest BCUT2D eigenvalue weighted by molar-refractivity contribution is 7.91. The Labute approximate surface area is 295 Å². The molecule has 6 rings (SSSR count). The van der Waals surface area contributed by atoms with Crippen LogP contribution < -0.4 is 24.8 Å². The summed E-state index contributed by atoms with van der Waals surface area (Å²) < 4.78 is 54.1. The van der Waals surface area contributed by atoms with Crippen molar-refractivity contribution < 1.29 is 46.6 Å². The van der Waals surface area contributed by atoms with E-state index in [0.29, 0.717) is 48.8 Å². The molecule has 0 bridgehead atoms. The van der Waals surface area contributed by atoms with E-state index in [2.05, 4.69) is 20.3 Å². The Morgan fingerprint density at radius 3 is 2.63 bits per heavy atom. The average Bonchev–Trinajstić information content (AvgIpc) is 3.99. The van der Waals surface area contributed by atoms with Crippen LogP contribution in [0.3, 0.4) is 0 Å². The lowest BCUT2D eigenvalue weighted by Gasteiger charge is -2.32. The van der Waals surface area contributed by atoms with Crippen molar-refractivity contribution in [3.05, 3.63) is 42.4 Å². The zero-order valence-electron chi connectivity index (χ0n) is 28.8. The van der Waals surface area contributed by atoms with Crippen LogP contribution in [-0.4, -0.2) is 89.4 Å². The first-order valence-corrected chi connectivity index (χ1v) is 19.0. The van der Waals surface area contributed by atoms with Gasteiger partial charge in [-0.2, -0.15) is 0 Å². The first kappa shape index (κ1) is 36.3. The SMILES string of the molecule is CCOc1cnc(O[C@@H]2C[C@H]3C(=O)NC4(C(=O)NS(=O)(=O)C5CC5)CC4/C=C\CC[C@@H](C)C[C@@H](C)[C@H](NC(=O)O)C(=O)N3C2)c2cc(F)ccc12. The summed E-state index contributed by atoms with van der Waals surface area (Å²) in [6.07, 6.45) is 5.75. The fourth-order valence-electron chi connectivity index (χ4n) is 7.32. The number of hydrogen-bond acceptors (Lipinski definition) is 9. The number of nitrogens with zero attached hydrogens (tertiary/aromatic N) is 2. The third-order valence-electron chi connectivity index (χ3n) is 10.3. The van der Waals surface area contributed by atoms with Gasteiger partial charge in [-0.15, -0.1) is 0 Å². The van der Waals surface area contributed by atoms with Crippen molar-refractivity contribution in [1.82, 2.24) is 25.2 Å². The molecule has 4 amide bonds. The van der Waals surface area contributed by atoms with E-state index in [-0.39, 0.29) is 31.2 Å². The number of allylic oxidation sites excluding steroid dienone is 1. The minimum absolute atomic E-state index is 0.0458. The van der Waals surface area contributed by atoms with Crippen molar-refractivity contribution in [2.75, 3.05) is 13.2 Å². The molecule has 276 valence electrons. The second-order valence-corrected chi connectivity index (χ2v) is 16.2. The number of pyridine rings is 1. The van der Waals surface area contributed by atoms with Gasteiger partial charge in [0.2, 0.25) is 27.7 Å². The summed E-state index contributed by atoms with van der Waals surface area (Å²) in [4.78, 5) is 59.8. The van der Waals surface area contributed by atoms with E-state index < -0.39 is 80.5 Å². The molecule has 2 saturated carbocycles. The van der Waals surface area contributed by atoms with Crippen molar-refractivity contribution >= 4 is 44.6 Å². The Balaban J connectivity index is 1.34. The molecule has 2 unspecified atom stereocenters. The van der Waals surface area contributed by atoms with E-state index >= 15 is 0 Å². The maximum Gasteiger partial charge on any atom is 0.405 e. The molecule has 16 heteroatoms. The van der Waals surface area contributed by atoms with E-state index in [1.165, 1.54) is 23.2 Å². The topological polar surface area (TPSA) is 193 Å². The third-order valence-corrected chi connectivity index (χ3v) is 12.1. The third kappa shape index (κ3) is 7.75. The fourth-order valence-corrected chi connectivity index (χ4v) is 8.68. The Morgan fingerprint density at radius 2 is 1.92 bits per heavy atom. The standard InChI is InChI=1S/C35H44FN5O9S/c1-4-49-28-17-37-31(26-14-22(36)9-12-25(26)28)50-23-15-27-30(42)39-35(33(44)40-51(47,48)24-10-11-24)16-21(35)8-6-5-7-19(2)13-20(3)29(38-34(45)46)32(43)41(27)18-23/h6,8-9,12,14,17,19-21,23-24,27,29,38H,4-5,7,10-11,13,15-16,18H2,1-3H3,(H,39,42)(H,40,44)(H,45,46)/b8-6-/t19-,20-,21?,23-,27+,29+,35?/m1/s1. The van der Waals surface area contributed by atoms with Crippen molar-refractivity contribution in [2.24, 2.45) is 17.8 Å². The molecule has 3 heterocycles. The van der Waals surface area contributed by atoms with Gasteiger partial charge in [0, 0.05) is 17.7 Å². The Morgan fingerprint density at radius 1 is 1.16 bits per heavy atom. The maximum absolute atomic E-state index is 14.5. The van der Waals surface area contributed by atoms with Gasteiger partial charge in [0.05, 0.1) is 30.0 Å². The average molecular weight is 730 g/mol. The number of hydrogen-bond donors (Lipinski definition) is 4. The molecule has 4 aliphatic rings. The predicted octanol–water partition coefficient (Wildman–Crippen LogP) is 3.25. The normalized spacial score (nSPS) is 30.5. The summed E-state index contributed by atoms with van der Waals surface area (Å²) in [6, 6.07) is 1.65. The number of fused-ring (bicyclic) bond motifs is 3. The molecule has 2 aliphatic heterocycles. The Hall–Kier alpha value is -4.47. The summed E-state index contributed by atoms with van der Waals surface area (Å²) in [5.74, 6) is -3.11. The van der Waals surface area contributed by atoms with E-state index in [1.807, 2.05) is 19.1 Å². The summed E-state index contributed by atoms with van der Waals surface area (Å²) >= 11 is 0. The summed E-state index contributed by atoms with van der Waals surface area (Å²) in [5.41, 5.74) is -1.56. The van der Waals surface area contributed by atoms with Gasteiger partial charge in [-0.3, -0.25) is 19.1 Å². The van der Waals surface area contributed by atoms with Gasteiger partial charge in [-0.25, -0.2) is 22.6 Å². The van der Waals surface area contributed by atoms with Gasteiger partial charge < -0.3 is 30.1 Å². The fraction of sp³-hybridized carbons (Fsp3) is 0.571. The number of carboxylic acid groups (broad SMARTS) is 1. The zero-order chi connectivity index (χ0) is 36.7. The number of halogens is 1. The van der Waals surface area contributed by atoms with Gasteiger partial charge in [-0.05, 0) is 75.5 Å². The number of amides is 4. The van der Waals surface area contributed by atoms with Crippen molar-refractivity contribution in [3.63, 3.8) is 0 Å². The minimum Gasteiger partial charge on any atom is -0.492 e. The number of nitrogens with one attached hydrogen (secondary N) is 3. The molecule has 1 aromatic carbocycles. The summed E-state index contributed by atoms with van der Waals surface area (Å²) in [7, 11) is -3.93. The van der Waals surface area contributed by atoms with Crippen LogP contribution in [0.25, 0.3) is 10.8 Å². The van der Waals surface area contributed by atoms with Gasteiger partial charge in [0.1, 0.15) is 35.3 Å². The number of aromatic nitrogens is 1. The van der Waals surface area contributed by atoms with E-state index in [4.69, 9.17) is 9.47 Å². The maximum atomic E-state index is 14.5. The first-order valence-electron chi connectivity index (χ1n) is 17.4. The lowest BCUT2D eigenvalue weighted by Crippen LogP contribution is -2.59. The molecular weight excluding hydrogens is 685 g/mol. The Kier molecular flexibility index (Phi) is 10.2. The van der Waals surface area contributed by atoms with Gasteiger partial charge >= 0.3 is 6.09 Å².